The van der Waals surface area contributed by atoms with Gasteiger partial charge in [0.2, 0.25) is 5.91 Å². The standard InChI is InChI=1S/C28H29NO3/c30-28(20-24(21-9-3-1-4-10-21)22-11-5-2-6-12-22)29-16-7-13-25(29)23-14-15-26-27(19-23)32-18-8-17-31-26/h1-6,9-12,14-15,19,24-25H,7-8,13,16-18,20H2/t25-/m0/s1. The molecule has 1 amide bonds. The molecule has 0 N–H and O–H groups in total. The van der Waals surface area contributed by atoms with E-state index in [2.05, 4.69) is 41.3 Å². The van der Waals surface area contributed by atoms with Crippen LogP contribution in [-0.2, 0) is 4.79 Å². The number of likely N-dealkylation sites (tertiary alicyclic amines) is 1. The number of amides is 1. The Balaban J connectivity index is 1.39. The summed E-state index contributed by atoms with van der Waals surface area (Å²) in [5, 5.41) is 0. The lowest BCUT2D eigenvalue weighted by atomic mass is 9.88. The molecule has 0 radical (unpaired) electrons. The van der Waals surface area contributed by atoms with E-state index in [4.69, 9.17) is 9.47 Å². The average molecular weight is 428 g/mol. The maximum atomic E-state index is 13.6. The van der Waals surface area contributed by atoms with E-state index in [0.29, 0.717) is 19.6 Å². The van der Waals surface area contributed by atoms with Gasteiger partial charge in [-0.3, -0.25) is 4.79 Å². The number of benzene rings is 3. The van der Waals surface area contributed by atoms with E-state index in [1.807, 2.05) is 42.5 Å². The number of rotatable bonds is 5. The smallest absolute Gasteiger partial charge is 0.224 e. The third kappa shape index (κ3) is 4.36. The molecule has 1 atom stereocenters. The van der Waals surface area contributed by atoms with Crippen LogP contribution in [0.1, 0.15) is 54.3 Å². The highest BCUT2D eigenvalue weighted by Gasteiger charge is 2.32. The molecule has 0 bridgehead atoms. The van der Waals surface area contributed by atoms with Crippen molar-refractivity contribution in [1.29, 1.82) is 0 Å². The maximum Gasteiger partial charge on any atom is 0.224 e. The van der Waals surface area contributed by atoms with Gasteiger partial charge in [-0.05, 0) is 41.7 Å². The molecule has 1 saturated heterocycles. The van der Waals surface area contributed by atoms with E-state index in [1.165, 1.54) is 11.1 Å². The van der Waals surface area contributed by atoms with Gasteiger partial charge in [-0.1, -0.05) is 66.7 Å². The largest absolute Gasteiger partial charge is 0.490 e. The number of carbonyl (C=O) groups excluding carboxylic acids is 1. The fourth-order valence-electron chi connectivity index (χ4n) is 4.89. The highest BCUT2D eigenvalue weighted by Crippen LogP contribution is 2.39. The molecule has 0 unspecified atom stereocenters. The van der Waals surface area contributed by atoms with Gasteiger partial charge in [0.05, 0.1) is 19.3 Å². The molecule has 0 saturated carbocycles. The van der Waals surface area contributed by atoms with Crippen LogP contribution in [0.4, 0.5) is 0 Å². The first-order valence-electron chi connectivity index (χ1n) is 11.6. The molecule has 32 heavy (non-hydrogen) atoms. The number of hydrogen-bond donors (Lipinski definition) is 0. The molecule has 2 aliphatic heterocycles. The summed E-state index contributed by atoms with van der Waals surface area (Å²) >= 11 is 0. The van der Waals surface area contributed by atoms with Crippen LogP contribution in [0.2, 0.25) is 0 Å². The first-order valence-corrected chi connectivity index (χ1v) is 11.6. The normalized spacial score (nSPS) is 17.9. The molecule has 0 spiro atoms. The molecule has 4 nitrogen and oxygen atoms in total. The van der Waals surface area contributed by atoms with Crippen molar-refractivity contribution < 1.29 is 14.3 Å². The van der Waals surface area contributed by atoms with Gasteiger partial charge in [-0.2, -0.15) is 0 Å². The molecular weight excluding hydrogens is 398 g/mol. The van der Waals surface area contributed by atoms with E-state index in [-0.39, 0.29) is 17.9 Å². The van der Waals surface area contributed by atoms with Gasteiger partial charge in [-0.15, -0.1) is 0 Å². The molecule has 0 aliphatic carbocycles. The quantitative estimate of drug-likeness (QED) is 0.522. The third-order valence-corrected chi connectivity index (χ3v) is 6.51. The third-order valence-electron chi connectivity index (χ3n) is 6.51. The summed E-state index contributed by atoms with van der Waals surface area (Å²) < 4.78 is 11.7. The zero-order chi connectivity index (χ0) is 21.8. The van der Waals surface area contributed by atoms with Crippen LogP contribution in [-0.4, -0.2) is 30.6 Å². The molecule has 3 aromatic rings. The Morgan fingerprint density at radius 3 is 2.19 bits per heavy atom. The van der Waals surface area contributed by atoms with E-state index >= 15 is 0 Å². The van der Waals surface area contributed by atoms with E-state index in [9.17, 15) is 4.79 Å². The molecule has 4 heteroatoms. The van der Waals surface area contributed by atoms with E-state index in [1.54, 1.807) is 0 Å². The van der Waals surface area contributed by atoms with Crippen molar-refractivity contribution in [2.45, 2.75) is 37.6 Å². The minimum atomic E-state index is 0.0509. The molecule has 164 valence electrons. The van der Waals surface area contributed by atoms with Gasteiger partial charge in [0.25, 0.3) is 0 Å². The summed E-state index contributed by atoms with van der Waals surface area (Å²) in [6, 6.07) is 27.0. The Morgan fingerprint density at radius 1 is 0.844 bits per heavy atom. The Morgan fingerprint density at radius 2 is 1.50 bits per heavy atom. The summed E-state index contributed by atoms with van der Waals surface area (Å²) in [4.78, 5) is 15.7. The Kier molecular flexibility index (Phi) is 6.11. The maximum absolute atomic E-state index is 13.6. The molecule has 5 rings (SSSR count). The van der Waals surface area contributed by atoms with Crippen LogP contribution in [0.25, 0.3) is 0 Å². The van der Waals surface area contributed by atoms with Crippen LogP contribution >= 0.6 is 0 Å². The van der Waals surface area contributed by atoms with Crippen molar-refractivity contribution in [3.63, 3.8) is 0 Å². The fourth-order valence-corrected chi connectivity index (χ4v) is 4.89. The number of hydrogen-bond acceptors (Lipinski definition) is 3. The summed E-state index contributed by atoms with van der Waals surface area (Å²) in [6.45, 7) is 2.15. The molecular formula is C28H29NO3. The van der Waals surface area contributed by atoms with Gasteiger partial charge >= 0.3 is 0 Å². The molecule has 3 aromatic carbocycles. The first-order chi connectivity index (χ1) is 15.8. The van der Waals surface area contributed by atoms with Crippen LogP contribution in [0.5, 0.6) is 11.5 Å². The summed E-state index contributed by atoms with van der Waals surface area (Å²) in [5.41, 5.74) is 3.49. The second-order valence-electron chi connectivity index (χ2n) is 8.58. The zero-order valence-electron chi connectivity index (χ0n) is 18.3. The zero-order valence-corrected chi connectivity index (χ0v) is 18.3. The number of carbonyl (C=O) groups is 1. The van der Waals surface area contributed by atoms with Crippen LogP contribution < -0.4 is 9.47 Å². The summed E-state index contributed by atoms with van der Waals surface area (Å²) in [6.07, 6.45) is 3.35. The molecule has 0 aromatic heterocycles. The molecule has 2 aliphatic rings. The average Bonchev–Trinajstić information content (AvgIpc) is 3.22. The van der Waals surface area contributed by atoms with Gasteiger partial charge in [0, 0.05) is 25.3 Å². The fraction of sp³-hybridized carbons (Fsp3) is 0.321. The van der Waals surface area contributed by atoms with Crippen molar-refractivity contribution in [3.05, 3.63) is 95.6 Å². The Labute approximate surface area is 189 Å². The SMILES string of the molecule is O=C(CC(c1ccccc1)c1ccccc1)N1CCC[C@H]1c1ccc2c(c1)OCCCO2. The molecule has 2 heterocycles. The monoisotopic (exact) mass is 427 g/mol. The van der Waals surface area contributed by atoms with Crippen molar-refractivity contribution >= 4 is 5.91 Å². The number of nitrogens with zero attached hydrogens (tertiary/aromatic N) is 1. The van der Waals surface area contributed by atoms with Crippen LogP contribution in [0.15, 0.2) is 78.9 Å². The number of ether oxygens (including phenoxy) is 2. The first kappa shape index (κ1) is 20.6. The minimum Gasteiger partial charge on any atom is -0.490 e. The van der Waals surface area contributed by atoms with Gasteiger partial charge in [-0.25, -0.2) is 0 Å². The predicted octanol–water partition coefficient (Wildman–Crippen LogP) is 5.73. The summed E-state index contributed by atoms with van der Waals surface area (Å²) in [7, 11) is 0. The predicted molar refractivity (Wildman–Crippen MR) is 125 cm³/mol. The topological polar surface area (TPSA) is 38.8 Å². The van der Waals surface area contributed by atoms with Crippen LogP contribution in [0.3, 0.4) is 0 Å². The summed E-state index contributed by atoms with van der Waals surface area (Å²) in [5.74, 6) is 1.85. The van der Waals surface area contributed by atoms with Gasteiger partial charge in [0.15, 0.2) is 11.5 Å². The lowest BCUT2D eigenvalue weighted by molar-refractivity contribution is -0.132. The van der Waals surface area contributed by atoms with Crippen molar-refractivity contribution in [1.82, 2.24) is 4.90 Å². The lowest BCUT2D eigenvalue weighted by Crippen LogP contribution is -2.31. The Bertz CT molecular complexity index is 1010. The van der Waals surface area contributed by atoms with E-state index in [0.717, 1.165) is 42.9 Å². The molecule has 1 fully saturated rings. The van der Waals surface area contributed by atoms with Crippen molar-refractivity contribution in [2.75, 3.05) is 19.8 Å². The second-order valence-corrected chi connectivity index (χ2v) is 8.58. The van der Waals surface area contributed by atoms with Crippen molar-refractivity contribution in [3.8, 4) is 11.5 Å². The number of fused-ring (bicyclic) bond motifs is 1. The van der Waals surface area contributed by atoms with Crippen molar-refractivity contribution in [2.24, 2.45) is 0 Å². The minimum absolute atomic E-state index is 0.0509. The lowest BCUT2D eigenvalue weighted by Gasteiger charge is -2.28. The highest BCUT2D eigenvalue weighted by atomic mass is 16.5. The van der Waals surface area contributed by atoms with E-state index < -0.39 is 0 Å². The van der Waals surface area contributed by atoms with Gasteiger partial charge in [0.1, 0.15) is 0 Å². The van der Waals surface area contributed by atoms with Crippen LogP contribution in [0, 0.1) is 0 Å². The second kappa shape index (κ2) is 9.47. The van der Waals surface area contributed by atoms with Gasteiger partial charge < -0.3 is 14.4 Å². The highest BCUT2D eigenvalue weighted by molar-refractivity contribution is 5.78. The Hall–Kier alpha value is -3.27.